The minimum absolute atomic E-state index is 0.659. The molecule has 0 amide bonds. The molecule has 19 heavy (non-hydrogen) atoms. The van der Waals surface area contributed by atoms with Crippen LogP contribution in [0.4, 0.5) is 0 Å². The molecule has 1 aromatic rings. The molecule has 3 nitrogen and oxygen atoms in total. The summed E-state index contributed by atoms with van der Waals surface area (Å²) < 4.78 is 5.56. The Morgan fingerprint density at radius 1 is 1.42 bits per heavy atom. The van der Waals surface area contributed by atoms with Crippen LogP contribution in [0.15, 0.2) is 18.2 Å². The van der Waals surface area contributed by atoms with Crippen molar-refractivity contribution in [3.63, 3.8) is 0 Å². The average Bonchev–Trinajstić information content (AvgIpc) is 2.88. The van der Waals surface area contributed by atoms with Gasteiger partial charge in [-0.25, -0.2) is 0 Å². The van der Waals surface area contributed by atoms with E-state index in [0.717, 1.165) is 44.3 Å². The first-order valence-electron chi connectivity index (χ1n) is 7.43. The summed E-state index contributed by atoms with van der Waals surface area (Å²) in [6.45, 7) is 7.39. The van der Waals surface area contributed by atoms with Gasteiger partial charge in [0.1, 0.15) is 5.75 Å². The normalized spacial score (nSPS) is 27.1. The van der Waals surface area contributed by atoms with Crippen molar-refractivity contribution in [2.75, 3.05) is 26.2 Å². The third-order valence-electron chi connectivity index (χ3n) is 4.66. The van der Waals surface area contributed by atoms with Gasteiger partial charge < -0.3 is 10.5 Å². The fraction of sp³-hybridized carbons (Fsp3) is 0.625. The van der Waals surface area contributed by atoms with E-state index in [9.17, 15) is 0 Å². The molecule has 0 saturated carbocycles. The van der Waals surface area contributed by atoms with Crippen molar-refractivity contribution in [3.05, 3.63) is 29.3 Å². The summed E-state index contributed by atoms with van der Waals surface area (Å²) in [4.78, 5) is 2.55. The molecule has 2 heterocycles. The van der Waals surface area contributed by atoms with Crippen LogP contribution in [0.25, 0.3) is 0 Å². The van der Waals surface area contributed by atoms with Crippen LogP contribution >= 0.6 is 0 Å². The maximum atomic E-state index is 5.88. The van der Waals surface area contributed by atoms with E-state index >= 15 is 0 Å². The van der Waals surface area contributed by atoms with Gasteiger partial charge in [-0.2, -0.15) is 0 Å². The van der Waals surface area contributed by atoms with Crippen LogP contribution in [-0.4, -0.2) is 31.1 Å². The highest BCUT2D eigenvalue weighted by atomic mass is 16.5. The predicted molar refractivity (Wildman–Crippen MR) is 77.2 cm³/mol. The van der Waals surface area contributed by atoms with E-state index in [2.05, 4.69) is 30.0 Å². The van der Waals surface area contributed by atoms with Gasteiger partial charge in [0, 0.05) is 19.5 Å². The van der Waals surface area contributed by atoms with Crippen LogP contribution in [0.5, 0.6) is 5.75 Å². The molecule has 0 bridgehead atoms. The Labute approximate surface area is 115 Å². The topological polar surface area (TPSA) is 38.5 Å². The maximum absolute atomic E-state index is 5.88. The first-order chi connectivity index (χ1) is 9.26. The third-order valence-corrected chi connectivity index (χ3v) is 4.66. The standard InChI is InChI=1S/C16H24N2O/c1-12-4-6-18(11-15(12)9-17)10-13-2-3-16-14(8-13)5-7-19-16/h2-3,8,12,15H,4-7,9-11,17H2,1H3. The van der Waals surface area contributed by atoms with Gasteiger partial charge in [0.25, 0.3) is 0 Å². The molecule has 1 aromatic carbocycles. The predicted octanol–water partition coefficient (Wildman–Crippen LogP) is 2.04. The van der Waals surface area contributed by atoms with E-state index in [0.29, 0.717) is 5.92 Å². The van der Waals surface area contributed by atoms with Crippen LogP contribution in [-0.2, 0) is 13.0 Å². The number of likely N-dealkylation sites (tertiary alicyclic amines) is 1. The number of rotatable bonds is 3. The van der Waals surface area contributed by atoms with Gasteiger partial charge in [-0.05, 0) is 48.5 Å². The molecule has 104 valence electrons. The monoisotopic (exact) mass is 260 g/mol. The average molecular weight is 260 g/mol. The zero-order valence-electron chi connectivity index (χ0n) is 11.8. The van der Waals surface area contributed by atoms with Crippen LogP contribution < -0.4 is 10.5 Å². The van der Waals surface area contributed by atoms with E-state index < -0.39 is 0 Å². The highest BCUT2D eigenvalue weighted by Crippen LogP contribution is 2.28. The van der Waals surface area contributed by atoms with E-state index in [1.807, 2.05) is 0 Å². The number of nitrogens with two attached hydrogens (primary N) is 1. The molecule has 2 unspecified atom stereocenters. The molecule has 0 aliphatic carbocycles. The van der Waals surface area contributed by atoms with Crippen molar-refractivity contribution in [3.8, 4) is 5.75 Å². The van der Waals surface area contributed by atoms with E-state index in [-0.39, 0.29) is 0 Å². The molecule has 3 heteroatoms. The Morgan fingerprint density at radius 2 is 2.32 bits per heavy atom. The van der Waals surface area contributed by atoms with E-state index in [1.54, 1.807) is 0 Å². The van der Waals surface area contributed by atoms with Crippen molar-refractivity contribution < 1.29 is 4.74 Å². The SMILES string of the molecule is CC1CCN(Cc2ccc3c(c2)CCO3)CC1CN. The molecule has 0 spiro atoms. The first-order valence-corrected chi connectivity index (χ1v) is 7.43. The van der Waals surface area contributed by atoms with Gasteiger partial charge in [0.05, 0.1) is 6.61 Å². The van der Waals surface area contributed by atoms with Gasteiger partial charge >= 0.3 is 0 Å². The van der Waals surface area contributed by atoms with E-state index in [1.165, 1.54) is 24.1 Å². The van der Waals surface area contributed by atoms with E-state index in [4.69, 9.17) is 10.5 Å². The number of hydrogen-bond donors (Lipinski definition) is 1. The number of fused-ring (bicyclic) bond motifs is 1. The quantitative estimate of drug-likeness (QED) is 0.904. The lowest BCUT2D eigenvalue weighted by molar-refractivity contribution is 0.126. The van der Waals surface area contributed by atoms with Gasteiger partial charge in [0.2, 0.25) is 0 Å². The Balaban J connectivity index is 1.65. The molecular formula is C16H24N2O. The first kappa shape index (κ1) is 12.9. The lowest BCUT2D eigenvalue weighted by atomic mass is 9.87. The summed E-state index contributed by atoms with van der Waals surface area (Å²) in [7, 11) is 0. The Hall–Kier alpha value is -1.06. The second-order valence-corrected chi connectivity index (χ2v) is 6.04. The Kier molecular flexibility index (Phi) is 3.76. The highest BCUT2D eigenvalue weighted by molar-refractivity contribution is 5.39. The minimum Gasteiger partial charge on any atom is -0.493 e. The van der Waals surface area contributed by atoms with Gasteiger partial charge in [0.15, 0.2) is 0 Å². The second kappa shape index (κ2) is 5.51. The summed E-state index contributed by atoms with van der Waals surface area (Å²) in [5.41, 5.74) is 8.66. The Morgan fingerprint density at radius 3 is 3.16 bits per heavy atom. The number of nitrogens with zero attached hydrogens (tertiary/aromatic N) is 1. The summed E-state index contributed by atoms with van der Waals surface area (Å²) in [5, 5.41) is 0. The third kappa shape index (κ3) is 2.77. The van der Waals surface area contributed by atoms with Gasteiger partial charge in [-0.15, -0.1) is 0 Å². The van der Waals surface area contributed by atoms with Crippen LogP contribution in [0.1, 0.15) is 24.5 Å². The number of hydrogen-bond acceptors (Lipinski definition) is 3. The number of ether oxygens (including phenoxy) is 1. The molecule has 2 N–H and O–H groups in total. The molecule has 2 aliphatic heterocycles. The van der Waals surface area contributed by atoms with Crippen molar-refractivity contribution in [2.45, 2.75) is 26.3 Å². The molecular weight excluding hydrogens is 236 g/mol. The minimum atomic E-state index is 0.659. The molecule has 0 radical (unpaired) electrons. The van der Waals surface area contributed by atoms with Crippen LogP contribution in [0, 0.1) is 11.8 Å². The number of piperidine rings is 1. The molecule has 1 fully saturated rings. The molecule has 0 aromatic heterocycles. The molecule has 2 aliphatic rings. The highest BCUT2D eigenvalue weighted by Gasteiger charge is 2.25. The summed E-state index contributed by atoms with van der Waals surface area (Å²) in [6.07, 6.45) is 2.33. The lowest BCUT2D eigenvalue weighted by Gasteiger charge is -2.36. The lowest BCUT2D eigenvalue weighted by Crippen LogP contribution is -2.42. The van der Waals surface area contributed by atoms with Crippen LogP contribution in [0.2, 0.25) is 0 Å². The maximum Gasteiger partial charge on any atom is 0.122 e. The van der Waals surface area contributed by atoms with Gasteiger partial charge in [-0.1, -0.05) is 19.1 Å². The van der Waals surface area contributed by atoms with Crippen molar-refractivity contribution in [1.82, 2.24) is 4.90 Å². The zero-order valence-corrected chi connectivity index (χ0v) is 11.8. The largest absolute Gasteiger partial charge is 0.493 e. The molecule has 3 rings (SSSR count). The Bertz CT molecular complexity index is 446. The summed E-state index contributed by atoms with van der Waals surface area (Å²) >= 11 is 0. The van der Waals surface area contributed by atoms with Gasteiger partial charge in [-0.3, -0.25) is 4.90 Å². The number of benzene rings is 1. The second-order valence-electron chi connectivity index (χ2n) is 6.04. The molecule has 1 saturated heterocycles. The molecule has 2 atom stereocenters. The van der Waals surface area contributed by atoms with Crippen molar-refractivity contribution in [2.24, 2.45) is 17.6 Å². The fourth-order valence-electron chi connectivity index (χ4n) is 3.27. The summed E-state index contributed by atoms with van der Waals surface area (Å²) in [6, 6.07) is 6.65. The van der Waals surface area contributed by atoms with Crippen molar-refractivity contribution >= 4 is 0 Å². The zero-order chi connectivity index (χ0) is 13.2. The fourth-order valence-corrected chi connectivity index (χ4v) is 3.27. The summed E-state index contributed by atoms with van der Waals surface area (Å²) in [5.74, 6) is 2.51. The smallest absolute Gasteiger partial charge is 0.122 e. The van der Waals surface area contributed by atoms with Crippen molar-refractivity contribution in [1.29, 1.82) is 0 Å². The van der Waals surface area contributed by atoms with Crippen LogP contribution in [0.3, 0.4) is 0 Å².